The normalized spacial score (nSPS) is 16.6. The Balaban J connectivity index is 1.56. The van der Waals surface area contributed by atoms with Crippen LogP contribution >= 0.6 is 11.3 Å². The van der Waals surface area contributed by atoms with Crippen LogP contribution in [0.25, 0.3) is 21.3 Å². The third-order valence-corrected chi connectivity index (χ3v) is 6.66. The maximum Gasteiger partial charge on any atom is 0.270 e. The van der Waals surface area contributed by atoms with E-state index in [-0.39, 0.29) is 17.4 Å². The summed E-state index contributed by atoms with van der Waals surface area (Å²) in [4.78, 5) is 35.1. The lowest BCUT2D eigenvalue weighted by Crippen LogP contribution is -2.44. The molecule has 3 aromatic rings. The summed E-state index contributed by atoms with van der Waals surface area (Å²) in [6, 6.07) is 8.25. The summed E-state index contributed by atoms with van der Waals surface area (Å²) in [5.41, 5.74) is 3.80. The lowest BCUT2D eigenvalue weighted by Gasteiger charge is -2.32. The lowest BCUT2D eigenvalue weighted by molar-refractivity contribution is -0.125. The largest absolute Gasteiger partial charge is 0.385 e. The van der Waals surface area contributed by atoms with Crippen molar-refractivity contribution >= 4 is 33.4 Å². The van der Waals surface area contributed by atoms with Crippen molar-refractivity contribution in [2.24, 2.45) is 5.92 Å². The van der Waals surface area contributed by atoms with Gasteiger partial charge in [0.05, 0.1) is 11.4 Å². The second-order valence-corrected chi connectivity index (χ2v) is 8.88. The van der Waals surface area contributed by atoms with Gasteiger partial charge in [0.2, 0.25) is 11.9 Å². The number of nitrogens with one attached hydrogen (secondary N) is 2. The Morgan fingerprint density at radius 2 is 2.16 bits per heavy atom. The molecule has 0 aliphatic carbocycles. The fraction of sp³-hybridized carbons (Fsp3) is 0.435. The van der Waals surface area contributed by atoms with Crippen LogP contribution in [0.3, 0.4) is 0 Å². The van der Waals surface area contributed by atoms with E-state index in [9.17, 15) is 9.59 Å². The monoisotopic (exact) mass is 440 g/mol. The molecule has 2 N–H and O–H groups in total. The predicted octanol–water partition coefficient (Wildman–Crippen LogP) is 3.33. The van der Waals surface area contributed by atoms with Crippen LogP contribution in [0.2, 0.25) is 0 Å². The molecule has 2 aromatic heterocycles. The number of anilines is 1. The van der Waals surface area contributed by atoms with E-state index in [1.807, 2.05) is 10.3 Å². The first kappa shape index (κ1) is 21.5. The molecule has 1 aromatic carbocycles. The van der Waals surface area contributed by atoms with Crippen molar-refractivity contribution in [3.05, 3.63) is 45.6 Å². The van der Waals surface area contributed by atoms with Gasteiger partial charge in [-0.25, -0.2) is 4.98 Å². The molecule has 1 amide bonds. The predicted molar refractivity (Wildman–Crippen MR) is 125 cm³/mol. The zero-order valence-corrected chi connectivity index (χ0v) is 18.8. The molecule has 1 aliphatic rings. The highest BCUT2D eigenvalue weighted by Crippen LogP contribution is 2.32. The highest BCUT2D eigenvalue weighted by Gasteiger charge is 2.27. The van der Waals surface area contributed by atoms with Crippen molar-refractivity contribution in [2.75, 3.05) is 38.3 Å². The number of aryl methyl sites for hydroxylation is 1. The summed E-state index contributed by atoms with van der Waals surface area (Å²) in [6.45, 7) is 4.61. The molecule has 7 nitrogen and oxygen atoms in total. The van der Waals surface area contributed by atoms with Crippen LogP contribution in [0.4, 0.5) is 5.95 Å². The van der Waals surface area contributed by atoms with Gasteiger partial charge in [-0.3, -0.25) is 14.6 Å². The average molecular weight is 441 g/mol. The van der Waals surface area contributed by atoms with Crippen LogP contribution in [-0.2, 0) is 9.53 Å². The summed E-state index contributed by atoms with van der Waals surface area (Å²) in [6.07, 6.45) is 2.52. The Hall–Kier alpha value is -2.71. The molecule has 1 fully saturated rings. The Labute approximate surface area is 185 Å². The van der Waals surface area contributed by atoms with Crippen molar-refractivity contribution in [2.45, 2.75) is 26.2 Å². The molecule has 164 valence electrons. The number of fused-ring (bicyclic) bond motifs is 1. The number of rotatable bonds is 7. The standard InChI is InChI=1S/C23H28N4O3S/c1-15-6-8-16(9-7-15)18-14-31-20-19(18)25-23(26-22(20)29)27-11-3-5-17(13-27)21(28)24-10-4-12-30-2/h6-9,14,17H,3-5,10-13H2,1-2H3,(H,24,28)(H,25,26,29). The lowest BCUT2D eigenvalue weighted by atomic mass is 9.97. The van der Waals surface area contributed by atoms with Crippen LogP contribution in [0.5, 0.6) is 0 Å². The molecule has 0 radical (unpaired) electrons. The van der Waals surface area contributed by atoms with Crippen LogP contribution in [0.1, 0.15) is 24.8 Å². The second kappa shape index (κ2) is 9.62. The molecule has 3 heterocycles. The topological polar surface area (TPSA) is 87.3 Å². The number of methoxy groups -OCH3 is 1. The number of aromatic nitrogens is 2. The van der Waals surface area contributed by atoms with Gasteiger partial charge in [-0.2, -0.15) is 0 Å². The number of carbonyl (C=O) groups is 1. The minimum Gasteiger partial charge on any atom is -0.385 e. The third kappa shape index (κ3) is 4.80. The number of ether oxygens (including phenoxy) is 1. The third-order valence-electron chi connectivity index (χ3n) is 5.69. The summed E-state index contributed by atoms with van der Waals surface area (Å²) >= 11 is 1.41. The van der Waals surface area contributed by atoms with Gasteiger partial charge >= 0.3 is 0 Å². The number of aromatic amines is 1. The Morgan fingerprint density at radius 1 is 1.35 bits per heavy atom. The SMILES string of the molecule is COCCCNC(=O)C1CCCN(c2nc3c(-c4ccc(C)cc4)csc3c(=O)[nH]2)C1. The molecule has 0 bridgehead atoms. The molecule has 31 heavy (non-hydrogen) atoms. The number of piperidine rings is 1. The van der Waals surface area contributed by atoms with E-state index in [1.54, 1.807) is 7.11 Å². The van der Waals surface area contributed by atoms with Crippen molar-refractivity contribution < 1.29 is 9.53 Å². The molecule has 0 spiro atoms. The Morgan fingerprint density at radius 3 is 2.94 bits per heavy atom. The number of nitrogens with zero attached hydrogens (tertiary/aromatic N) is 2. The number of carbonyl (C=O) groups excluding carboxylic acids is 1. The van der Waals surface area contributed by atoms with Crippen LogP contribution in [-0.4, -0.2) is 49.2 Å². The van der Waals surface area contributed by atoms with E-state index in [1.165, 1.54) is 16.9 Å². The molecule has 1 unspecified atom stereocenters. The smallest absolute Gasteiger partial charge is 0.270 e. The maximum atomic E-state index is 12.8. The van der Waals surface area contributed by atoms with E-state index in [0.717, 1.165) is 42.5 Å². The van der Waals surface area contributed by atoms with Gasteiger partial charge in [0, 0.05) is 44.3 Å². The number of thiophene rings is 1. The van der Waals surface area contributed by atoms with Gasteiger partial charge in [-0.15, -0.1) is 11.3 Å². The number of H-pyrrole nitrogens is 1. The zero-order valence-electron chi connectivity index (χ0n) is 17.9. The van der Waals surface area contributed by atoms with E-state index in [2.05, 4.69) is 41.5 Å². The number of benzene rings is 1. The van der Waals surface area contributed by atoms with Crippen molar-refractivity contribution in [3.8, 4) is 11.1 Å². The van der Waals surface area contributed by atoms with Crippen LogP contribution in [0, 0.1) is 12.8 Å². The molecule has 1 aliphatic heterocycles. The van der Waals surface area contributed by atoms with Gasteiger partial charge in [0.15, 0.2) is 0 Å². The second-order valence-electron chi connectivity index (χ2n) is 8.01. The highest BCUT2D eigenvalue weighted by atomic mass is 32.1. The van der Waals surface area contributed by atoms with Gasteiger partial charge in [0.25, 0.3) is 5.56 Å². The maximum absolute atomic E-state index is 12.8. The number of hydrogen-bond donors (Lipinski definition) is 2. The van der Waals surface area contributed by atoms with E-state index in [4.69, 9.17) is 9.72 Å². The molecular formula is C23H28N4O3S. The molecule has 4 rings (SSSR count). The highest BCUT2D eigenvalue weighted by molar-refractivity contribution is 7.17. The molecule has 0 saturated carbocycles. The summed E-state index contributed by atoms with van der Waals surface area (Å²) in [5.74, 6) is 0.484. The van der Waals surface area contributed by atoms with Crippen LogP contribution in [0.15, 0.2) is 34.4 Å². The molecule has 8 heteroatoms. The molecule has 1 saturated heterocycles. The van der Waals surface area contributed by atoms with E-state index >= 15 is 0 Å². The van der Waals surface area contributed by atoms with E-state index in [0.29, 0.717) is 30.3 Å². The minimum atomic E-state index is -0.130. The number of hydrogen-bond acceptors (Lipinski definition) is 6. The minimum absolute atomic E-state index is 0.0557. The zero-order chi connectivity index (χ0) is 21.8. The Bertz CT molecular complexity index is 1110. The molecule has 1 atom stereocenters. The average Bonchev–Trinajstić information content (AvgIpc) is 3.22. The van der Waals surface area contributed by atoms with Crippen molar-refractivity contribution in [1.29, 1.82) is 0 Å². The van der Waals surface area contributed by atoms with Gasteiger partial charge < -0.3 is 15.0 Å². The fourth-order valence-electron chi connectivity index (χ4n) is 3.96. The Kier molecular flexibility index (Phi) is 6.67. The summed E-state index contributed by atoms with van der Waals surface area (Å²) < 4.78 is 5.66. The fourth-order valence-corrected chi connectivity index (χ4v) is 4.87. The summed E-state index contributed by atoms with van der Waals surface area (Å²) in [5, 5.41) is 4.99. The van der Waals surface area contributed by atoms with Crippen molar-refractivity contribution in [1.82, 2.24) is 15.3 Å². The van der Waals surface area contributed by atoms with Gasteiger partial charge in [-0.05, 0) is 31.7 Å². The molecular weight excluding hydrogens is 412 g/mol. The van der Waals surface area contributed by atoms with E-state index < -0.39 is 0 Å². The van der Waals surface area contributed by atoms with Gasteiger partial charge in [-0.1, -0.05) is 29.8 Å². The first-order chi connectivity index (χ1) is 15.1. The van der Waals surface area contributed by atoms with Crippen molar-refractivity contribution in [3.63, 3.8) is 0 Å². The van der Waals surface area contributed by atoms with Gasteiger partial charge in [0.1, 0.15) is 4.70 Å². The quantitative estimate of drug-likeness (QED) is 0.551. The first-order valence-corrected chi connectivity index (χ1v) is 11.5. The number of amides is 1. The van der Waals surface area contributed by atoms with Crippen LogP contribution < -0.4 is 15.8 Å². The first-order valence-electron chi connectivity index (χ1n) is 10.7. The summed E-state index contributed by atoms with van der Waals surface area (Å²) in [7, 11) is 1.66.